The molecule has 0 aromatic heterocycles. The third kappa shape index (κ3) is 5.66. The summed E-state index contributed by atoms with van der Waals surface area (Å²) in [5.74, 6) is 1.62. The van der Waals surface area contributed by atoms with Gasteiger partial charge in [-0.2, -0.15) is 0 Å². The van der Waals surface area contributed by atoms with Gasteiger partial charge in [0.15, 0.2) is 0 Å². The molecule has 1 aromatic carbocycles. The lowest BCUT2D eigenvalue weighted by molar-refractivity contribution is 0.414. The highest BCUT2D eigenvalue weighted by Gasteiger charge is 2.01. The minimum Gasteiger partial charge on any atom is -0.497 e. The first kappa shape index (κ1) is 14.7. The Morgan fingerprint density at radius 3 is 2.88 bits per heavy atom. The van der Waals surface area contributed by atoms with Crippen molar-refractivity contribution in [2.75, 3.05) is 25.7 Å². The van der Waals surface area contributed by atoms with E-state index in [0.29, 0.717) is 0 Å². The molecule has 0 aliphatic heterocycles. The second kappa shape index (κ2) is 7.84. The number of rotatable bonds is 7. The normalized spacial score (nSPS) is 12.4. The van der Waals surface area contributed by atoms with Crippen molar-refractivity contribution < 1.29 is 8.95 Å². The summed E-state index contributed by atoms with van der Waals surface area (Å²) in [5.41, 5.74) is 1.17. The van der Waals surface area contributed by atoms with Gasteiger partial charge in [-0.1, -0.05) is 15.9 Å². The van der Waals surface area contributed by atoms with Crippen LogP contribution in [0.1, 0.15) is 12.0 Å². The quantitative estimate of drug-likeness (QED) is 0.784. The van der Waals surface area contributed by atoms with Crippen molar-refractivity contribution in [1.29, 1.82) is 0 Å². The summed E-state index contributed by atoms with van der Waals surface area (Å²) in [6, 6.07) is 5.92. The molecule has 17 heavy (non-hydrogen) atoms. The monoisotopic (exact) mass is 319 g/mol. The second-order valence-corrected chi connectivity index (χ2v) is 6.17. The minimum atomic E-state index is -0.692. The Kier molecular flexibility index (Phi) is 6.77. The van der Waals surface area contributed by atoms with E-state index in [1.54, 1.807) is 13.4 Å². The van der Waals surface area contributed by atoms with E-state index in [2.05, 4.69) is 21.2 Å². The molecule has 0 fully saturated rings. The van der Waals surface area contributed by atoms with Crippen molar-refractivity contribution in [3.05, 3.63) is 28.2 Å². The van der Waals surface area contributed by atoms with Crippen LogP contribution >= 0.6 is 15.9 Å². The molecule has 96 valence electrons. The second-order valence-electron chi connectivity index (χ2n) is 3.76. The van der Waals surface area contributed by atoms with Crippen LogP contribution in [-0.2, 0) is 17.3 Å². The first-order valence-electron chi connectivity index (χ1n) is 5.46. The molecule has 0 heterocycles. The number of hydrogen-bond donors (Lipinski definition) is 1. The Hall–Kier alpha value is -0.390. The number of methoxy groups -OCH3 is 1. The first-order chi connectivity index (χ1) is 8.13. The number of hydrogen-bond acceptors (Lipinski definition) is 3. The van der Waals surface area contributed by atoms with E-state index in [-0.39, 0.29) is 0 Å². The van der Waals surface area contributed by atoms with Gasteiger partial charge in [0.25, 0.3) is 0 Å². The molecular formula is C12H18BrNO2S. The van der Waals surface area contributed by atoms with E-state index >= 15 is 0 Å². The molecule has 0 radical (unpaired) electrons. The Morgan fingerprint density at radius 2 is 2.24 bits per heavy atom. The molecule has 1 aromatic rings. The molecule has 0 spiro atoms. The molecule has 0 aliphatic rings. The lowest BCUT2D eigenvalue weighted by Crippen LogP contribution is -2.16. The molecule has 5 heteroatoms. The zero-order chi connectivity index (χ0) is 12.7. The highest BCUT2D eigenvalue weighted by molar-refractivity contribution is 9.10. The Balaban J connectivity index is 2.38. The van der Waals surface area contributed by atoms with Crippen molar-refractivity contribution >= 4 is 26.7 Å². The van der Waals surface area contributed by atoms with Gasteiger partial charge in [-0.05, 0) is 36.7 Å². The van der Waals surface area contributed by atoms with Crippen molar-refractivity contribution in [2.24, 2.45) is 0 Å². The SMILES string of the molecule is COc1ccc(Br)c(CNCCCS(C)=O)c1. The highest BCUT2D eigenvalue weighted by atomic mass is 79.9. The zero-order valence-electron chi connectivity index (χ0n) is 10.2. The van der Waals surface area contributed by atoms with Crippen LogP contribution in [0.5, 0.6) is 5.75 Å². The Bertz CT molecular complexity index is 385. The molecule has 1 N–H and O–H groups in total. The maximum absolute atomic E-state index is 10.9. The fraction of sp³-hybridized carbons (Fsp3) is 0.500. The summed E-state index contributed by atoms with van der Waals surface area (Å²) >= 11 is 3.51. The van der Waals surface area contributed by atoms with Gasteiger partial charge in [0.05, 0.1) is 7.11 Å². The van der Waals surface area contributed by atoms with Crippen LogP contribution < -0.4 is 10.1 Å². The third-order valence-electron chi connectivity index (χ3n) is 2.35. The van der Waals surface area contributed by atoms with E-state index in [0.717, 1.165) is 35.5 Å². The van der Waals surface area contributed by atoms with Crippen LogP contribution in [0, 0.1) is 0 Å². The molecule has 0 bridgehead atoms. The van der Waals surface area contributed by atoms with Gasteiger partial charge in [-0.3, -0.25) is 4.21 Å². The average Bonchev–Trinajstić information content (AvgIpc) is 2.30. The standard InChI is InChI=1S/C12H18BrNO2S/c1-16-11-4-5-12(13)10(8-11)9-14-6-3-7-17(2)15/h4-5,8,14H,3,6-7,9H2,1-2H3. The van der Waals surface area contributed by atoms with Crippen LogP contribution in [0.15, 0.2) is 22.7 Å². The van der Waals surface area contributed by atoms with Gasteiger partial charge >= 0.3 is 0 Å². The predicted octanol–water partition coefficient (Wildman–Crippen LogP) is 2.32. The molecule has 0 saturated carbocycles. The predicted molar refractivity (Wildman–Crippen MR) is 76.0 cm³/mol. The molecule has 1 atom stereocenters. The number of ether oxygens (including phenoxy) is 1. The third-order valence-corrected chi connectivity index (χ3v) is 3.99. The van der Waals surface area contributed by atoms with Gasteiger partial charge in [-0.25, -0.2) is 0 Å². The number of benzene rings is 1. The lowest BCUT2D eigenvalue weighted by Gasteiger charge is -2.08. The van der Waals surface area contributed by atoms with Gasteiger partial charge < -0.3 is 10.1 Å². The van der Waals surface area contributed by atoms with Crippen LogP contribution in [0.25, 0.3) is 0 Å². The van der Waals surface area contributed by atoms with Crippen LogP contribution in [-0.4, -0.2) is 29.9 Å². The van der Waals surface area contributed by atoms with Crippen molar-refractivity contribution in [3.63, 3.8) is 0 Å². The summed E-state index contributed by atoms with van der Waals surface area (Å²) in [5, 5.41) is 3.33. The Labute approximate surface area is 114 Å². The largest absolute Gasteiger partial charge is 0.497 e. The van der Waals surface area contributed by atoms with Gasteiger partial charge in [0, 0.05) is 33.8 Å². The van der Waals surface area contributed by atoms with E-state index in [9.17, 15) is 4.21 Å². The fourth-order valence-electron chi connectivity index (χ4n) is 1.44. The summed E-state index contributed by atoms with van der Waals surface area (Å²) < 4.78 is 17.1. The fourth-order valence-corrected chi connectivity index (χ4v) is 2.37. The molecule has 0 saturated heterocycles. The number of nitrogens with one attached hydrogen (secondary N) is 1. The molecule has 1 unspecified atom stereocenters. The van der Waals surface area contributed by atoms with Gasteiger partial charge in [0.1, 0.15) is 5.75 Å². The van der Waals surface area contributed by atoms with Crippen molar-refractivity contribution in [1.82, 2.24) is 5.32 Å². The van der Waals surface area contributed by atoms with Gasteiger partial charge in [-0.15, -0.1) is 0 Å². The summed E-state index contributed by atoms with van der Waals surface area (Å²) in [6.07, 6.45) is 2.67. The average molecular weight is 320 g/mol. The summed E-state index contributed by atoms with van der Waals surface area (Å²) in [7, 11) is 0.971. The molecule has 0 aliphatic carbocycles. The Morgan fingerprint density at radius 1 is 1.47 bits per heavy atom. The molecule has 1 rings (SSSR count). The zero-order valence-corrected chi connectivity index (χ0v) is 12.6. The topological polar surface area (TPSA) is 38.3 Å². The van der Waals surface area contributed by atoms with Crippen LogP contribution in [0.3, 0.4) is 0 Å². The van der Waals surface area contributed by atoms with Crippen molar-refractivity contribution in [3.8, 4) is 5.75 Å². The highest BCUT2D eigenvalue weighted by Crippen LogP contribution is 2.22. The molecular weight excluding hydrogens is 302 g/mol. The molecule has 0 amide bonds. The summed E-state index contributed by atoms with van der Waals surface area (Å²) in [6.45, 7) is 1.66. The van der Waals surface area contributed by atoms with E-state index in [4.69, 9.17) is 4.74 Å². The molecule has 3 nitrogen and oxygen atoms in total. The van der Waals surface area contributed by atoms with E-state index in [1.807, 2.05) is 18.2 Å². The smallest absolute Gasteiger partial charge is 0.119 e. The number of halogens is 1. The van der Waals surface area contributed by atoms with Crippen LogP contribution in [0.4, 0.5) is 0 Å². The van der Waals surface area contributed by atoms with Gasteiger partial charge in [0.2, 0.25) is 0 Å². The van der Waals surface area contributed by atoms with Crippen LogP contribution in [0.2, 0.25) is 0 Å². The maximum Gasteiger partial charge on any atom is 0.119 e. The van der Waals surface area contributed by atoms with E-state index in [1.165, 1.54) is 5.56 Å². The lowest BCUT2D eigenvalue weighted by atomic mass is 10.2. The maximum atomic E-state index is 10.9. The van der Waals surface area contributed by atoms with E-state index < -0.39 is 10.8 Å². The summed E-state index contributed by atoms with van der Waals surface area (Å²) in [4.78, 5) is 0. The first-order valence-corrected chi connectivity index (χ1v) is 7.98. The van der Waals surface area contributed by atoms with Crippen molar-refractivity contribution in [2.45, 2.75) is 13.0 Å². The minimum absolute atomic E-state index is 0.692.